The maximum Gasteiger partial charge on any atom is 0.749 e. The zero-order valence-corrected chi connectivity index (χ0v) is 14.6. The molecule has 3 unspecified atom stereocenters. The van der Waals surface area contributed by atoms with Gasteiger partial charge in [0.1, 0.15) is 9.77 Å². The lowest BCUT2D eigenvalue weighted by Gasteiger charge is -2.30. The van der Waals surface area contributed by atoms with E-state index in [2.05, 4.69) is 9.71 Å². The first kappa shape index (κ1) is 17.0. The van der Waals surface area contributed by atoms with Crippen LogP contribution in [0.5, 0.6) is 5.88 Å². The molecule has 0 bridgehead atoms. The number of nitrogens with zero attached hydrogens (tertiary/aromatic N) is 1. The molecule has 1 aromatic heterocycles. The van der Waals surface area contributed by atoms with Crippen LogP contribution in [0.2, 0.25) is 0 Å². The summed E-state index contributed by atoms with van der Waals surface area (Å²) in [5, 5.41) is 0.749. The van der Waals surface area contributed by atoms with E-state index in [0.717, 1.165) is 22.8 Å². The fourth-order valence-corrected chi connectivity index (χ4v) is 4.00. The average molecular weight is 349 g/mol. The van der Waals surface area contributed by atoms with Gasteiger partial charge in [0.05, 0.1) is 6.04 Å². The van der Waals surface area contributed by atoms with Gasteiger partial charge in [-0.25, -0.2) is 9.51 Å². The van der Waals surface area contributed by atoms with Crippen LogP contribution in [0.25, 0.3) is 0 Å². The number of hydrogen-bond acceptors (Lipinski definition) is 6. The zero-order valence-electron chi connectivity index (χ0n) is 12.0. The fourth-order valence-electron chi connectivity index (χ4n) is 1.80. The SMILES string of the molecule is CC(C)(C)[S+]([O-])NC1CCSc2nc(O[P+](=O)O)ccc21. The topological polar surface area (TPSA) is 94.5 Å². The molecule has 1 aromatic rings. The third-order valence-corrected chi connectivity index (χ3v) is 5.86. The highest BCUT2D eigenvalue weighted by Crippen LogP contribution is 2.37. The Hall–Kier alpha value is -0.370. The van der Waals surface area contributed by atoms with Gasteiger partial charge in [-0.1, -0.05) is 0 Å². The lowest BCUT2D eigenvalue weighted by Crippen LogP contribution is -2.42. The number of thioether (sulfide) groups is 1. The largest absolute Gasteiger partial charge is 0.749 e. The molecular formula is C12H18N2O4PS2+. The van der Waals surface area contributed by atoms with Crippen molar-refractivity contribution in [2.24, 2.45) is 0 Å². The van der Waals surface area contributed by atoms with E-state index < -0.39 is 19.6 Å². The highest BCUT2D eigenvalue weighted by Gasteiger charge is 2.32. The second-order valence-electron chi connectivity index (χ2n) is 5.56. The summed E-state index contributed by atoms with van der Waals surface area (Å²) >= 11 is 0.400. The Kier molecular flexibility index (Phi) is 5.51. The average Bonchev–Trinajstić information content (AvgIpc) is 2.36. The molecule has 0 saturated carbocycles. The maximum atomic E-state index is 12.2. The van der Waals surface area contributed by atoms with Crippen molar-refractivity contribution in [3.05, 3.63) is 17.7 Å². The van der Waals surface area contributed by atoms with E-state index in [-0.39, 0.29) is 16.7 Å². The molecule has 0 spiro atoms. The molecule has 2 rings (SSSR count). The minimum Gasteiger partial charge on any atom is -0.598 e. The van der Waals surface area contributed by atoms with Crippen molar-refractivity contribution < 1.29 is 18.5 Å². The number of rotatable bonds is 4. The van der Waals surface area contributed by atoms with E-state index >= 15 is 0 Å². The Balaban J connectivity index is 2.18. The second-order valence-corrected chi connectivity index (χ2v) is 9.30. The lowest BCUT2D eigenvalue weighted by atomic mass is 10.1. The van der Waals surface area contributed by atoms with Gasteiger partial charge < -0.3 is 4.55 Å². The predicted octanol–water partition coefficient (Wildman–Crippen LogP) is 2.70. The molecule has 1 aliphatic heterocycles. The van der Waals surface area contributed by atoms with Crippen LogP contribution in [-0.2, 0) is 15.9 Å². The van der Waals surface area contributed by atoms with Crippen molar-refractivity contribution in [3.8, 4) is 5.88 Å². The van der Waals surface area contributed by atoms with Crippen LogP contribution in [0.1, 0.15) is 38.8 Å². The first-order chi connectivity index (χ1) is 9.77. The highest BCUT2D eigenvalue weighted by atomic mass is 32.2. The smallest absolute Gasteiger partial charge is 0.598 e. The highest BCUT2D eigenvalue weighted by molar-refractivity contribution is 7.99. The Morgan fingerprint density at radius 1 is 1.57 bits per heavy atom. The summed E-state index contributed by atoms with van der Waals surface area (Å²) in [5.41, 5.74) is 0.948. The van der Waals surface area contributed by atoms with Crippen molar-refractivity contribution in [3.63, 3.8) is 0 Å². The number of pyridine rings is 1. The second kappa shape index (κ2) is 6.81. The third-order valence-electron chi connectivity index (χ3n) is 2.86. The molecular weight excluding hydrogens is 331 g/mol. The van der Waals surface area contributed by atoms with E-state index in [1.54, 1.807) is 23.9 Å². The van der Waals surface area contributed by atoms with Gasteiger partial charge in [-0.05, 0) is 33.3 Å². The van der Waals surface area contributed by atoms with E-state index in [9.17, 15) is 9.12 Å². The summed E-state index contributed by atoms with van der Waals surface area (Å²) in [6.45, 7) is 5.75. The summed E-state index contributed by atoms with van der Waals surface area (Å²) in [6.07, 6.45) is 0.857. The fraction of sp³-hybridized carbons (Fsp3) is 0.583. The van der Waals surface area contributed by atoms with Gasteiger partial charge in [-0.2, -0.15) is 0 Å². The van der Waals surface area contributed by atoms with Gasteiger partial charge in [-0.15, -0.1) is 21.4 Å². The van der Waals surface area contributed by atoms with Crippen molar-refractivity contribution in [1.82, 2.24) is 9.71 Å². The van der Waals surface area contributed by atoms with E-state index in [4.69, 9.17) is 9.42 Å². The van der Waals surface area contributed by atoms with Crippen molar-refractivity contribution in [2.45, 2.75) is 43.0 Å². The first-order valence-corrected chi connectivity index (χ1v) is 9.70. The van der Waals surface area contributed by atoms with Crippen LogP contribution >= 0.6 is 20.0 Å². The summed E-state index contributed by atoms with van der Waals surface area (Å²) in [6, 6.07) is 3.33. The van der Waals surface area contributed by atoms with E-state index in [1.807, 2.05) is 20.8 Å². The molecule has 1 aliphatic rings. The van der Waals surface area contributed by atoms with Crippen molar-refractivity contribution in [2.75, 3.05) is 5.75 Å². The molecule has 0 aromatic carbocycles. The molecule has 2 heterocycles. The number of hydrogen-bond donors (Lipinski definition) is 2. The Labute approximate surface area is 132 Å². The van der Waals surface area contributed by atoms with Gasteiger partial charge in [0.15, 0.2) is 0 Å². The normalized spacial score (nSPS) is 20.6. The minimum atomic E-state index is -2.72. The van der Waals surface area contributed by atoms with Gasteiger partial charge >= 0.3 is 8.25 Å². The molecule has 2 N–H and O–H groups in total. The molecule has 9 heteroatoms. The first-order valence-electron chi connectivity index (χ1n) is 6.43. The Morgan fingerprint density at radius 3 is 2.90 bits per heavy atom. The molecule has 21 heavy (non-hydrogen) atoms. The number of fused-ring (bicyclic) bond motifs is 1. The van der Waals surface area contributed by atoms with Crippen LogP contribution < -0.4 is 9.25 Å². The van der Waals surface area contributed by atoms with Crippen LogP contribution in [0.4, 0.5) is 0 Å². The van der Waals surface area contributed by atoms with E-state index in [0.29, 0.717) is 0 Å². The number of aromatic nitrogens is 1. The van der Waals surface area contributed by atoms with Crippen LogP contribution in [0.15, 0.2) is 17.2 Å². The van der Waals surface area contributed by atoms with E-state index in [1.165, 1.54) is 0 Å². The monoisotopic (exact) mass is 349 g/mol. The lowest BCUT2D eigenvalue weighted by molar-refractivity contribution is 0.402. The third kappa shape index (κ3) is 4.55. The Morgan fingerprint density at radius 2 is 2.29 bits per heavy atom. The molecule has 0 aliphatic carbocycles. The molecule has 116 valence electrons. The maximum absolute atomic E-state index is 12.2. The Bertz CT molecular complexity index is 538. The molecule has 0 saturated heterocycles. The predicted molar refractivity (Wildman–Crippen MR) is 83.8 cm³/mol. The van der Waals surface area contributed by atoms with Crippen LogP contribution in [-0.4, -0.2) is 24.9 Å². The summed E-state index contributed by atoms with van der Waals surface area (Å²) in [7, 11) is -2.72. The quantitative estimate of drug-likeness (QED) is 0.637. The van der Waals surface area contributed by atoms with Gasteiger partial charge in [0.25, 0.3) is 5.88 Å². The molecule has 3 atom stereocenters. The zero-order chi connectivity index (χ0) is 15.6. The summed E-state index contributed by atoms with van der Waals surface area (Å²) in [5.74, 6) is 0.968. The summed E-state index contributed by atoms with van der Waals surface area (Å²) in [4.78, 5) is 13.0. The van der Waals surface area contributed by atoms with Crippen molar-refractivity contribution >= 4 is 31.4 Å². The molecule has 0 fully saturated rings. The molecule has 0 amide bonds. The van der Waals surface area contributed by atoms with Gasteiger partial charge in [-0.3, -0.25) is 0 Å². The van der Waals surface area contributed by atoms with Crippen molar-refractivity contribution in [1.29, 1.82) is 0 Å². The minimum absolute atomic E-state index is 0.0363. The molecule has 6 nitrogen and oxygen atoms in total. The van der Waals surface area contributed by atoms with Gasteiger partial charge in [0.2, 0.25) is 0 Å². The van der Waals surface area contributed by atoms with Crippen LogP contribution in [0.3, 0.4) is 0 Å². The van der Waals surface area contributed by atoms with Gasteiger partial charge in [0, 0.05) is 33.3 Å². The van der Waals surface area contributed by atoms with Crippen LogP contribution in [0, 0.1) is 0 Å². The number of nitrogens with one attached hydrogen (secondary N) is 1. The molecule has 0 radical (unpaired) electrons. The summed E-state index contributed by atoms with van der Waals surface area (Å²) < 4.78 is 30.4. The standard InChI is InChI=1S/C12H17N2O4PS2/c1-12(2,3)21(17)14-9-6-7-20-11-8(9)4-5-10(13-11)18-19(15)16/h4-5,9,14H,6-7H2,1-3H3/p+1.